The fraction of sp³-hybridized carbons (Fsp3) is 0.400. The summed E-state index contributed by atoms with van der Waals surface area (Å²) in [7, 11) is -3.70. The first-order valence-corrected chi connectivity index (χ1v) is 9.01. The molecule has 1 fully saturated rings. The Balaban J connectivity index is 1.83. The summed E-state index contributed by atoms with van der Waals surface area (Å²) >= 11 is 0. The van der Waals surface area contributed by atoms with Crippen molar-refractivity contribution in [2.45, 2.75) is 30.2 Å². The molecule has 0 radical (unpaired) electrons. The summed E-state index contributed by atoms with van der Waals surface area (Å²) in [5.41, 5.74) is 5.89. The molecule has 23 heavy (non-hydrogen) atoms. The van der Waals surface area contributed by atoms with E-state index in [0.29, 0.717) is 6.54 Å². The molecule has 0 amide bonds. The number of hydrogen-bond donors (Lipinski definition) is 2. The lowest BCUT2D eigenvalue weighted by atomic mass is 10.1. The first-order valence-electron chi connectivity index (χ1n) is 7.53. The molecule has 1 aliphatic carbocycles. The van der Waals surface area contributed by atoms with E-state index in [1.54, 1.807) is 12.1 Å². The van der Waals surface area contributed by atoms with Crippen LogP contribution in [0.5, 0.6) is 0 Å². The summed E-state index contributed by atoms with van der Waals surface area (Å²) in [6, 6.07) is 5.91. The maximum Gasteiger partial charge on any atom is 0.243 e. The van der Waals surface area contributed by atoms with Crippen molar-refractivity contribution in [2.24, 2.45) is 11.7 Å². The second kappa shape index (κ2) is 6.38. The standard InChI is InChI=1S/C15H19FN4O2S/c16-13-5-1-2-7-15(13)20-10-12(9-18-20)23(21,22)19-14-6-3-4-11(14)8-17/h1-2,5,7,9-11,14,19H,3-4,6,8,17H2/t11-,14+/m0/s1. The molecule has 1 heterocycles. The van der Waals surface area contributed by atoms with E-state index >= 15 is 0 Å². The summed E-state index contributed by atoms with van der Waals surface area (Å²) in [5.74, 6) is -0.308. The summed E-state index contributed by atoms with van der Waals surface area (Å²) in [6.07, 6.45) is 5.21. The maximum absolute atomic E-state index is 13.8. The summed E-state index contributed by atoms with van der Waals surface area (Å²) in [4.78, 5) is 0.0171. The first kappa shape index (κ1) is 16.1. The zero-order valence-corrected chi connectivity index (χ0v) is 13.3. The van der Waals surface area contributed by atoms with Gasteiger partial charge in [0.2, 0.25) is 10.0 Å². The van der Waals surface area contributed by atoms with Crippen molar-refractivity contribution in [2.75, 3.05) is 6.54 Å². The minimum absolute atomic E-state index is 0.0171. The van der Waals surface area contributed by atoms with Gasteiger partial charge in [0.15, 0.2) is 0 Å². The third-order valence-corrected chi connectivity index (χ3v) is 5.68. The molecule has 3 N–H and O–H groups in total. The van der Waals surface area contributed by atoms with Crippen molar-refractivity contribution in [3.8, 4) is 5.69 Å². The number of halogens is 1. The molecule has 8 heteroatoms. The Kier molecular flexibility index (Phi) is 4.47. The van der Waals surface area contributed by atoms with Gasteiger partial charge in [-0.15, -0.1) is 0 Å². The van der Waals surface area contributed by atoms with Crippen molar-refractivity contribution in [1.29, 1.82) is 0 Å². The van der Waals surface area contributed by atoms with Crippen LogP contribution in [-0.4, -0.2) is 30.8 Å². The van der Waals surface area contributed by atoms with E-state index in [-0.39, 0.29) is 22.5 Å². The quantitative estimate of drug-likeness (QED) is 0.863. The van der Waals surface area contributed by atoms with Gasteiger partial charge in [-0.1, -0.05) is 18.6 Å². The van der Waals surface area contributed by atoms with Gasteiger partial charge in [0.05, 0.1) is 12.4 Å². The normalized spacial score (nSPS) is 21.7. The Hall–Kier alpha value is -1.77. The maximum atomic E-state index is 13.8. The van der Waals surface area contributed by atoms with E-state index in [4.69, 9.17) is 5.73 Å². The van der Waals surface area contributed by atoms with Crippen LogP contribution in [0.15, 0.2) is 41.6 Å². The Labute approximate surface area is 134 Å². The van der Waals surface area contributed by atoms with E-state index in [1.807, 2.05) is 0 Å². The molecule has 0 unspecified atom stereocenters. The number of hydrogen-bond acceptors (Lipinski definition) is 4. The molecule has 6 nitrogen and oxygen atoms in total. The van der Waals surface area contributed by atoms with Gasteiger partial charge in [-0.3, -0.25) is 0 Å². The molecule has 1 aromatic heterocycles. The Bertz CT molecular complexity index is 790. The van der Waals surface area contributed by atoms with Crippen molar-refractivity contribution in [1.82, 2.24) is 14.5 Å². The highest BCUT2D eigenvalue weighted by molar-refractivity contribution is 7.89. The molecule has 0 bridgehead atoms. The predicted octanol–water partition coefficient (Wildman–Crippen LogP) is 1.42. The second-order valence-electron chi connectivity index (χ2n) is 5.73. The van der Waals surface area contributed by atoms with Crippen molar-refractivity contribution < 1.29 is 12.8 Å². The monoisotopic (exact) mass is 338 g/mol. The van der Waals surface area contributed by atoms with Gasteiger partial charge in [0.1, 0.15) is 16.4 Å². The Morgan fingerprint density at radius 2 is 2.13 bits per heavy atom. The van der Waals surface area contributed by atoms with Crippen LogP contribution in [0.25, 0.3) is 5.69 Å². The van der Waals surface area contributed by atoms with Gasteiger partial charge in [-0.05, 0) is 37.4 Å². The molecular formula is C15H19FN4O2S. The molecule has 2 aromatic rings. The highest BCUT2D eigenvalue weighted by Crippen LogP contribution is 2.26. The molecule has 0 saturated heterocycles. The molecule has 1 saturated carbocycles. The van der Waals surface area contributed by atoms with Gasteiger partial charge in [-0.25, -0.2) is 22.2 Å². The second-order valence-corrected chi connectivity index (χ2v) is 7.44. The lowest BCUT2D eigenvalue weighted by molar-refractivity contribution is 0.453. The number of para-hydroxylation sites is 1. The number of nitrogens with one attached hydrogen (secondary N) is 1. The molecule has 124 valence electrons. The molecular weight excluding hydrogens is 319 g/mol. The van der Waals surface area contributed by atoms with Crippen molar-refractivity contribution in [3.63, 3.8) is 0 Å². The number of rotatable bonds is 5. The lowest BCUT2D eigenvalue weighted by Crippen LogP contribution is -2.39. The zero-order valence-electron chi connectivity index (χ0n) is 12.5. The third-order valence-electron chi connectivity index (χ3n) is 4.24. The molecule has 0 aliphatic heterocycles. The number of aromatic nitrogens is 2. The molecule has 0 spiro atoms. The summed E-state index contributed by atoms with van der Waals surface area (Å²) < 4.78 is 42.6. The van der Waals surface area contributed by atoms with E-state index in [2.05, 4.69) is 9.82 Å². The molecule has 1 aromatic carbocycles. The van der Waals surface area contributed by atoms with Crippen LogP contribution >= 0.6 is 0 Å². The van der Waals surface area contributed by atoms with E-state index in [0.717, 1.165) is 19.3 Å². The van der Waals surface area contributed by atoms with Crippen LogP contribution in [-0.2, 0) is 10.0 Å². The highest BCUT2D eigenvalue weighted by Gasteiger charge is 2.31. The largest absolute Gasteiger partial charge is 0.330 e. The number of benzene rings is 1. The minimum atomic E-state index is -3.70. The number of nitrogens with two attached hydrogens (primary N) is 1. The van der Waals surface area contributed by atoms with E-state index in [1.165, 1.54) is 29.2 Å². The first-order chi connectivity index (χ1) is 11.0. The fourth-order valence-electron chi connectivity index (χ4n) is 2.96. The van der Waals surface area contributed by atoms with Crippen LogP contribution in [0, 0.1) is 11.7 Å². The molecule has 1 aliphatic rings. The van der Waals surface area contributed by atoms with Crippen LogP contribution < -0.4 is 10.5 Å². The Morgan fingerprint density at radius 1 is 1.35 bits per heavy atom. The SMILES string of the molecule is NC[C@@H]1CCC[C@H]1NS(=O)(=O)c1cnn(-c2ccccc2F)c1. The Morgan fingerprint density at radius 3 is 2.87 bits per heavy atom. The van der Waals surface area contributed by atoms with Crippen LogP contribution in [0.2, 0.25) is 0 Å². The highest BCUT2D eigenvalue weighted by atomic mass is 32.2. The summed E-state index contributed by atoms with van der Waals surface area (Å²) in [6.45, 7) is 0.460. The van der Waals surface area contributed by atoms with Gasteiger partial charge in [-0.2, -0.15) is 5.10 Å². The van der Waals surface area contributed by atoms with Crippen molar-refractivity contribution in [3.05, 3.63) is 42.5 Å². The zero-order chi connectivity index (χ0) is 16.4. The smallest absolute Gasteiger partial charge is 0.243 e. The van der Waals surface area contributed by atoms with Gasteiger partial charge in [0, 0.05) is 6.04 Å². The van der Waals surface area contributed by atoms with Crippen LogP contribution in [0.1, 0.15) is 19.3 Å². The summed E-state index contributed by atoms with van der Waals surface area (Å²) in [5, 5.41) is 3.96. The van der Waals surface area contributed by atoms with E-state index < -0.39 is 15.8 Å². The topological polar surface area (TPSA) is 90.0 Å². The van der Waals surface area contributed by atoms with Gasteiger partial charge >= 0.3 is 0 Å². The number of sulfonamides is 1. The van der Waals surface area contributed by atoms with Crippen LogP contribution in [0.3, 0.4) is 0 Å². The molecule has 3 rings (SSSR count). The molecule has 2 atom stereocenters. The van der Waals surface area contributed by atoms with Gasteiger partial charge < -0.3 is 5.73 Å². The van der Waals surface area contributed by atoms with Crippen molar-refractivity contribution >= 4 is 10.0 Å². The number of nitrogens with zero attached hydrogens (tertiary/aromatic N) is 2. The van der Waals surface area contributed by atoms with E-state index in [9.17, 15) is 12.8 Å². The fourth-order valence-corrected chi connectivity index (χ4v) is 4.23. The predicted molar refractivity (Wildman–Crippen MR) is 84.0 cm³/mol. The van der Waals surface area contributed by atoms with Crippen LogP contribution in [0.4, 0.5) is 4.39 Å². The lowest BCUT2D eigenvalue weighted by Gasteiger charge is -2.18. The van der Waals surface area contributed by atoms with Gasteiger partial charge in [0.25, 0.3) is 0 Å². The minimum Gasteiger partial charge on any atom is -0.330 e. The average Bonchev–Trinajstić information content (AvgIpc) is 3.16. The third kappa shape index (κ3) is 3.29. The average molecular weight is 338 g/mol.